The lowest BCUT2D eigenvalue weighted by atomic mass is 10.1. The van der Waals surface area contributed by atoms with E-state index in [2.05, 4.69) is 55.8 Å². The summed E-state index contributed by atoms with van der Waals surface area (Å²) in [5.74, 6) is 0.515. The van der Waals surface area contributed by atoms with Crippen LogP contribution in [0.5, 0.6) is 0 Å². The van der Waals surface area contributed by atoms with Crippen molar-refractivity contribution in [3.8, 4) is 0 Å². The second kappa shape index (κ2) is 4.30. The van der Waals surface area contributed by atoms with Crippen LogP contribution in [-0.4, -0.2) is 10.6 Å². The summed E-state index contributed by atoms with van der Waals surface area (Å²) in [4.78, 5) is 0. The first kappa shape index (κ1) is 11.2. The van der Waals surface area contributed by atoms with Crippen molar-refractivity contribution in [1.29, 1.82) is 0 Å². The summed E-state index contributed by atoms with van der Waals surface area (Å²) in [5.41, 5.74) is 8.74. The molecule has 0 amide bonds. The summed E-state index contributed by atoms with van der Waals surface area (Å²) >= 11 is 0. The highest BCUT2D eigenvalue weighted by Crippen LogP contribution is 2.21. The van der Waals surface area contributed by atoms with Crippen LogP contribution in [0.1, 0.15) is 19.4 Å². The first-order valence-electron chi connectivity index (χ1n) is 5.89. The first-order chi connectivity index (χ1) is 7.59. The van der Waals surface area contributed by atoms with Crippen molar-refractivity contribution in [1.82, 2.24) is 4.57 Å². The highest BCUT2D eigenvalue weighted by atomic mass is 15.0. The Bertz CT molecular complexity index is 482. The van der Waals surface area contributed by atoms with Crippen molar-refractivity contribution in [2.75, 3.05) is 0 Å². The molecule has 1 aromatic carbocycles. The van der Waals surface area contributed by atoms with Crippen LogP contribution in [0, 0.1) is 12.8 Å². The number of hydrogen-bond donors (Lipinski definition) is 1. The van der Waals surface area contributed by atoms with Gasteiger partial charge in [0.15, 0.2) is 0 Å². The molecule has 86 valence electrons. The number of aryl methyl sites for hydroxylation is 1. The van der Waals surface area contributed by atoms with Gasteiger partial charge in [-0.25, -0.2) is 0 Å². The van der Waals surface area contributed by atoms with Gasteiger partial charge in [-0.1, -0.05) is 32.0 Å². The average Bonchev–Trinajstić information content (AvgIpc) is 2.57. The molecule has 1 aromatic heterocycles. The highest BCUT2D eigenvalue weighted by molar-refractivity contribution is 5.83. The van der Waals surface area contributed by atoms with Crippen LogP contribution >= 0.6 is 0 Å². The number of nitrogens with two attached hydrogens (primary N) is 1. The molecule has 0 bridgehead atoms. The maximum Gasteiger partial charge on any atom is 0.0483 e. The molecule has 2 rings (SSSR count). The molecule has 0 spiro atoms. The van der Waals surface area contributed by atoms with E-state index in [-0.39, 0.29) is 6.04 Å². The monoisotopic (exact) mass is 216 g/mol. The molecule has 2 N–H and O–H groups in total. The summed E-state index contributed by atoms with van der Waals surface area (Å²) < 4.78 is 2.27. The normalized spacial score (nSPS) is 13.6. The quantitative estimate of drug-likeness (QED) is 0.840. The number of benzene rings is 1. The number of nitrogens with zero attached hydrogens (tertiary/aromatic N) is 1. The Morgan fingerprint density at radius 3 is 2.62 bits per heavy atom. The Kier molecular flexibility index (Phi) is 3.01. The summed E-state index contributed by atoms with van der Waals surface area (Å²) in [6, 6.07) is 8.72. The summed E-state index contributed by atoms with van der Waals surface area (Å²) in [6.07, 6.45) is 2.20. The molecule has 0 saturated carbocycles. The maximum absolute atomic E-state index is 6.13. The standard InChI is InChI=1S/C14H20N2/c1-10(2)13(15)9-16-8-11(3)12-6-4-5-7-14(12)16/h4-8,10,13H,9,15H2,1-3H3/t13-/m1/s1. The molecule has 2 heteroatoms. The molecule has 2 aromatic rings. The molecule has 0 aliphatic heterocycles. The Morgan fingerprint density at radius 2 is 1.94 bits per heavy atom. The van der Waals surface area contributed by atoms with Crippen molar-refractivity contribution in [2.24, 2.45) is 11.7 Å². The third-order valence-electron chi connectivity index (χ3n) is 3.25. The topological polar surface area (TPSA) is 30.9 Å². The van der Waals surface area contributed by atoms with Crippen molar-refractivity contribution in [3.05, 3.63) is 36.0 Å². The van der Waals surface area contributed by atoms with Gasteiger partial charge in [-0.15, -0.1) is 0 Å². The SMILES string of the molecule is Cc1cn(C[C@@H](N)C(C)C)c2ccccc12. The van der Waals surface area contributed by atoms with Crippen molar-refractivity contribution < 1.29 is 0 Å². The zero-order valence-electron chi connectivity index (χ0n) is 10.3. The van der Waals surface area contributed by atoms with Gasteiger partial charge in [0.2, 0.25) is 0 Å². The van der Waals surface area contributed by atoms with E-state index in [9.17, 15) is 0 Å². The highest BCUT2D eigenvalue weighted by Gasteiger charge is 2.11. The molecule has 0 saturated heterocycles. The van der Waals surface area contributed by atoms with Gasteiger partial charge < -0.3 is 10.3 Å². The molecular formula is C14H20N2. The van der Waals surface area contributed by atoms with E-state index in [0.717, 1.165) is 6.54 Å². The lowest BCUT2D eigenvalue weighted by Crippen LogP contribution is -2.31. The van der Waals surface area contributed by atoms with E-state index in [0.29, 0.717) is 5.92 Å². The summed E-state index contributed by atoms with van der Waals surface area (Å²) in [5, 5.41) is 1.33. The van der Waals surface area contributed by atoms with E-state index in [1.165, 1.54) is 16.5 Å². The second-order valence-electron chi connectivity index (χ2n) is 4.89. The first-order valence-corrected chi connectivity index (χ1v) is 5.89. The van der Waals surface area contributed by atoms with Gasteiger partial charge in [-0.2, -0.15) is 0 Å². The van der Waals surface area contributed by atoms with E-state index >= 15 is 0 Å². The van der Waals surface area contributed by atoms with E-state index in [1.54, 1.807) is 0 Å². The van der Waals surface area contributed by atoms with E-state index in [4.69, 9.17) is 5.73 Å². The number of aromatic nitrogens is 1. The Morgan fingerprint density at radius 1 is 1.25 bits per heavy atom. The number of rotatable bonds is 3. The zero-order valence-corrected chi connectivity index (χ0v) is 10.3. The summed E-state index contributed by atoms with van der Waals surface area (Å²) in [6.45, 7) is 7.39. The van der Waals surface area contributed by atoms with Crippen LogP contribution in [0.4, 0.5) is 0 Å². The van der Waals surface area contributed by atoms with Crippen molar-refractivity contribution in [3.63, 3.8) is 0 Å². The number of fused-ring (bicyclic) bond motifs is 1. The van der Waals surface area contributed by atoms with Crippen molar-refractivity contribution >= 4 is 10.9 Å². The van der Waals surface area contributed by atoms with Gasteiger partial charge in [0.25, 0.3) is 0 Å². The molecule has 1 heterocycles. The minimum Gasteiger partial charge on any atom is -0.346 e. The predicted octanol–water partition coefficient (Wildman–Crippen LogP) is 2.93. The van der Waals surface area contributed by atoms with Crippen LogP contribution in [-0.2, 0) is 6.54 Å². The Hall–Kier alpha value is -1.28. The molecule has 0 unspecified atom stereocenters. The fourth-order valence-electron chi connectivity index (χ4n) is 2.02. The van der Waals surface area contributed by atoms with Crippen LogP contribution in [0.2, 0.25) is 0 Å². The summed E-state index contributed by atoms with van der Waals surface area (Å²) in [7, 11) is 0. The minimum absolute atomic E-state index is 0.218. The fraction of sp³-hybridized carbons (Fsp3) is 0.429. The van der Waals surface area contributed by atoms with Gasteiger partial charge in [0.05, 0.1) is 0 Å². The van der Waals surface area contributed by atoms with Crippen molar-refractivity contribution in [2.45, 2.75) is 33.4 Å². The maximum atomic E-state index is 6.13. The molecule has 0 radical (unpaired) electrons. The van der Waals surface area contributed by atoms with Crippen LogP contribution < -0.4 is 5.73 Å². The fourth-order valence-corrected chi connectivity index (χ4v) is 2.02. The molecule has 0 fully saturated rings. The molecule has 0 aliphatic rings. The van der Waals surface area contributed by atoms with E-state index in [1.807, 2.05) is 0 Å². The predicted molar refractivity (Wildman–Crippen MR) is 69.5 cm³/mol. The average molecular weight is 216 g/mol. The third kappa shape index (κ3) is 1.98. The van der Waals surface area contributed by atoms with Gasteiger partial charge in [-0.3, -0.25) is 0 Å². The Labute approximate surface area is 97.1 Å². The Balaban J connectivity index is 2.38. The van der Waals surface area contributed by atoms with Gasteiger partial charge in [0, 0.05) is 29.7 Å². The van der Waals surface area contributed by atoms with E-state index < -0.39 is 0 Å². The lowest BCUT2D eigenvalue weighted by molar-refractivity contribution is 0.439. The molecular weight excluding hydrogens is 196 g/mol. The third-order valence-corrected chi connectivity index (χ3v) is 3.25. The number of para-hydroxylation sites is 1. The van der Waals surface area contributed by atoms with Crippen LogP contribution in [0.25, 0.3) is 10.9 Å². The molecule has 2 nitrogen and oxygen atoms in total. The second-order valence-corrected chi connectivity index (χ2v) is 4.89. The number of hydrogen-bond acceptors (Lipinski definition) is 1. The molecule has 16 heavy (non-hydrogen) atoms. The van der Waals surface area contributed by atoms with Gasteiger partial charge >= 0.3 is 0 Å². The van der Waals surface area contributed by atoms with Crippen LogP contribution in [0.15, 0.2) is 30.5 Å². The van der Waals surface area contributed by atoms with Gasteiger partial charge in [-0.05, 0) is 24.5 Å². The molecule has 0 aliphatic carbocycles. The molecule has 1 atom stereocenters. The lowest BCUT2D eigenvalue weighted by Gasteiger charge is -2.17. The smallest absolute Gasteiger partial charge is 0.0483 e. The van der Waals surface area contributed by atoms with Gasteiger partial charge in [0.1, 0.15) is 0 Å². The minimum atomic E-state index is 0.218. The largest absolute Gasteiger partial charge is 0.346 e. The zero-order chi connectivity index (χ0) is 11.7. The van der Waals surface area contributed by atoms with Crippen LogP contribution in [0.3, 0.4) is 0 Å².